The third kappa shape index (κ3) is 3.53. The SMILES string of the molecule is Cc1ccc(N(C(N)=O)c2cc(C(C)(C)C)sc2C(=O)O)cc1. The fourth-order valence-electron chi connectivity index (χ4n) is 2.15. The van der Waals surface area contributed by atoms with Gasteiger partial charge in [0.25, 0.3) is 0 Å². The van der Waals surface area contributed by atoms with Gasteiger partial charge in [-0.3, -0.25) is 4.90 Å². The number of nitrogens with zero attached hydrogens (tertiary/aromatic N) is 1. The number of anilines is 2. The van der Waals surface area contributed by atoms with Gasteiger partial charge in [-0.15, -0.1) is 11.3 Å². The average molecular weight is 332 g/mol. The number of urea groups is 1. The lowest BCUT2D eigenvalue weighted by atomic mass is 9.94. The summed E-state index contributed by atoms with van der Waals surface area (Å²) in [5.74, 6) is -1.07. The summed E-state index contributed by atoms with van der Waals surface area (Å²) in [6, 6.07) is 8.22. The molecule has 23 heavy (non-hydrogen) atoms. The van der Waals surface area contributed by atoms with E-state index >= 15 is 0 Å². The second-order valence-electron chi connectivity index (χ2n) is 6.39. The molecule has 2 rings (SSSR count). The van der Waals surface area contributed by atoms with Crippen molar-refractivity contribution in [1.29, 1.82) is 0 Å². The Morgan fingerprint density at radius 3 is 2.17 bits per heavy atom. The molecular weight excluding hydrogens is 312 g/mol. The molecule has 122 valence electrons. The molecule has 3 N–H and O–H groups in total. The van der Waals surface area contributed by atoms with Gasteiger partial charge in [-0.1, -0.05) is 38.5 Å². The fourth-order valence-corrected chi connectivity index (χ4v) is 3.19. The largest absolute Gasteiger partial charge is 0.477 e. The van der Waals surface area contributed by atoms with Crippen molar-refractivity contribution >= 4 is 34.7 Å². The molecule has 0 radical (unpaired) electrons. The first-order valence-electron chi connectivity index (χ1n) is 7.15. The Hall–Kier alpha value is -2.34. The van der Waals surface area contributed by atoms with E-state index in [1.165, 1.54) is 16.2 Å². The molecule has 2 aromatic rings. The van der Waals surface area contributed by atoms with E-state index in [0.29, 0.717) is 11.4 Å². The zero-order valence-corrected chi connectivity index (χ0v) is 14.4. The van der Waals surface area contributed by atoms with Crippen molar-refractivity contribution in [3.63, 3.8) is 0 Å². The monoisotopic (exact) mass is 332 g/mol. The van der Waals surface area contributed by atoms with Crippen LogP contribution in [0.4, 0.5) is 16.2 Å². The Bertz CT molecular complexity index is 742. The molecule has 1 aromatic heterocycles. The molecule has 1 heterocycles. The summed E-state index contributed by atoms with van der Waals surface area (Å²) in [5, 5.41) is 9.50. The first kappa shape index (κ1) is 17.0. The van der Waals surface area contributed by atoms with Crippen LogP contribution < -0.4 is 10.6 Å². The van der Waals surface area contributed by atoms with Gasteiger partial charge in [-0.2, -0.15) is 0 Å². The second-order valence-corrected chi connectivity index (χ2v) is 7.44. The van der Waals surface area contributed by atoms with Crippen molar-refractivity contribution in [3.8, 4) is 0 Å². The molecule has 0 fully saturated rings. The Morgan fingerprint density at radius 1 is 1.17 bits per heavy atom. The molecule has 0 spiro atoms. The van der Waals surface area contributed by atoms with E-state index in [1.807, 2.05) is 39.8 Å². The number of rotatable bonds is 3. The van der Waals surface area contributed by atoms with Crippen LogP contribution in [-0.2, 0) is 5.41 Å². The van der Waals surface area contributed by atoms with Gasteiger partial charge in [-0.05, 0) is 30.5 Å². The van der Waals surface area contributed by atoms with Gasteiger partial charge < -0.3 is 10.8 Å². The lowest BCUT2D eigenvalue weighted by Gasteiger charge is -2.20. The summed E-state index contributed by atoms with van der Waals surface area (Å²) in [6.45, 7) is 7.92. The van der Waals surface area contributed by atoms with E-state index in [1.54, 1.807) is 18.2 Å². The molecule has 1 aromatic carbocycles. The van der Waals surface area contributed by atoms with Crippen LogP contribution in [0.1, 0.15) is 40.9 Å². The normalized spacial score (nSPS) is 11.3. The number of carboxylic acid groups (broad SMARTS) is 1. The first-order chi connectivity index (χ1) is 10.6. The quantitative estimate of drug-likeness (QED) is 0.880. The van der Waals surface area contributed by atoms with Crippen LogP contribution in [0.2, 0.25) is 0 Å². The standard InChI is InChI=1S/C17H20N2O3S/c1-10-5-7-11(8-6-10)19(16(18)22)12-9-13(17(2,3)4)23-14(12)15(20)21/h5-9H,1-4H3,(H2,18,22)(H,20,21). The zero-order valence-electron chi connectivity index (χ0n) is 13.6. The Kier molecular flexibility index (Phi) is 4.47. The van der Waals surface area contributed by atoms with Crippen molar-refractivity contribution in [1.82, 2.24) is 0 Å². The van der Waals surface area contributed by atoms with Crippen molar-refractivity contribution in [2.24, 2.45) is 5.73 Å². The second kappa shape index (κ2) is 6.04. The van der Waals surface area contributed by atoms with E-state index in [9.17, 15) is 14.7 Å². The van der Waals surface area contributed by atoms with Crippen LogP contribution in [0.25, 0.3) is 0 Å². The van der Waals surface area contributed by atoms with Crippen molar-refractivity contribution in [2.45, 2.75) is 33.1 Å². The van der Waals surface area contributed by atoms with Crippen LogP contribution in [0.5, 0.6) is 0 Å². The maximum absolute atomic E-state index is 12.0. The van der Waals surface area contributed by atoms with Crippen LogP contribution in [0, 0.1) is 6.92 Å². The minimum absolute atomic E-state index is 0.106. The van der Waals surface area contributed by atoms with Gasteiger partial charge in [-0.25, -0.2) is 9.59 Å². The molecule has 0 atom stereocenters. The van der Waals surface area contributed by atoms with Crippen LogP contribution >= 0.6 is 11.3 Å². The molecule has 6 heteroatoms. The van der Waals surface area contributed by atoms with Gasteiger partial charge >= 0.3 is 12.0 Å². The summed E-state index contributed by atoms with van der Waals surface area (Å²) < 4.78 is 0. The molecule has 0 bridgehead atoms. The third-order valence-corrected chi connectivity index (χ3v) is 4.94. The lowest BCUT2D eigenvalue weighted by Crippen LogP contribution is -2.32. The number of aromatic carboxylic acids is 1. The summed E-state index contributed by atoms with van der Waals surface area (Å²) in [5.41, 5.74) is 7.20. The van der Waals surface area contributed by atoms with Crippen molar-refractivity contribution in [2.75, 3.05) is 4.90 Å². The number of carbonyl (C=O) groups excluding carboxylic acids is 1. The van der Waals surface area contributed by atoms with E-state index in [4.69, 9.17) is 5.73 Å². The Labute approximate surface area is 139 Å². The van der Waals surface area contributed by atoms with Gasteiger partial charge in [0.05, 0.1) is 11.4 Å². The Balaban J connectivity index is 2.63. The number of hydrogen-bond acceptors (Lipinski definition) is 3. The summed E-state index contributed by atoms with van der Waals surface area (Å²) in [7, 11) is 0. The topological polar surface area (TPSA) is 83.6 Å². The molecule has 0 aliphatic carbocycles. The summed E-state index contributed by atoms with van der Waals surface area (Å²) in [6.07, 6.45) is 0. The molecule has 0 aliphatic rings. The number of benzene rings is 1. The number of nitrogens with two attached hydrogens (primary N) is 1. The van der Waals surface area contributed by atoms with E-state index in [2.05, 4.69) is 0 Å². The van der Waals surface area contributed by atoms with Crippen LogP contribution in [0.3, 0.4) is 0 Å². The highest BCUT2D eigenvalue weighted by Crippen LogP contribution is 2.39. The molecule has 0 saturated heterocycles. The van der Waals surface area contributed by atoms with E-state index < -0.39 is 12.0 Å². The third-order valence-electron chi connectivity index (χ3n) is 3.40. The minimum Gasteiger partial charge on any atom is -0.477 e. The predicted molar refractivity (Wildman–Crippen MR) is 92.9 cm³/mol. The number of carboxylic acids is 1. The number of primary amides is 1. The van der Waals surface area contributed by atoms with E-state index in [-0.39, 0.29) is 10.3 Å². The molecule has 0 saturated carbocycles. The molecule has 0 aliphatic heterocycles. The number of carbonyl (C=O) groups is 2. The smallest absolute Gasteiger partial charge is 0.348 e. The van der Waals surface area contributed by atoms with E-state index in [0.717, 1.165) is 10.4 Å². The summed E-state index contributed by atoms with van der Waals surface area (Å²) >= 11 is 1.17. The Morgan fingerprint density at radius 2 is 1.74 bits per heavy atom. The minimum atomic E-state index is -1.07. The van der Waals surface area contributed by atoms with Gasteiger partial charge in [0.15, 0.2) is 0 Å². The maximum atomic E-state index is 12.0. The summed E-state index contributed by atoms with van der Waals surface area (Å²) in [4.78, 5) is 25.8. The van der Waals surface area contributed by atoms with Crippen molar-refractivity contribution < 1.29 is 14.7 Å². The number of hydrogen-bond donors (Lipinski definition) is 2. The van der Waals surface area contributed by atoms with Gasteiger partial charge in [0.1, 0.15) is 4.88 Å². The highest BCUT2D eigenvalue weighted by molar-refractivity contribution is 7.14. The molecular formula is C17H20N2O3S. The number of amides is 2. The number of thiophene rings is 1. The first-order valence-corrected chi connectivity index (χ1v) is 7.96. The van der Waals surface area contributed by atoms with Crippen LogP contribution in [0.15, 0.2) is 30.3 Å². The number of aryl methyl sites for hydroxylation is 1. The highest BCUT2D eigenvalue weighted by Gasteiger charge is 2.28. The van der Waals surface area contributed by atoms with Gasteiger partial charge in [0, 0.05) is 4.88 Å². The van der Waals surface area contributed by atoms with Crippen LogP contribution in [-0.4, -0.2) is 17.1 Å². The van der Waals surface area contributed by atoms with Gasteiger partial charge in [0.2, 0.25) is 0 Å². The molecule has 0 unspecified atom stereocenters. The highest BCUT2D eigenvalue weighted by atomic mass is 32.1. The maximum Gasteiger partial charge on any atom is 0.348 e. The average Bonchev–Trinajstić information content (AvgIpc) is 2.86. The molecule has 2 amide bonds. The molecule has 5 nitrogen and oxygen atoms in total. The lowest BCUT2D eigenvalue weighted by molar-refractivity contribution is 0.0703. The predicted octanol–water partition coefficient (Wildman–Crippen LogP) is 4.27. The zero-order chi connectivity index (χ0) is 17.4. The van der Waals surface area contributed by atoms with Crippen molar-refractivity contribution in [3.05, 3.63) is 45.6 Å². The fraction of sp³-hybridized carbons (Fsp3) is 0.294.